The maximum Gasteiger partial charge on any atom is 0.253 e. The molecule has 0 unspecified atom stereocenters. The van der Waals surface area contributed by atoms with Gasteiger partial charge in [-0.25, -0.2) is 4.98 Å². The van der Waals surface area contributed by atoms with E-state index in [2.05, 4.69) is 34.2 Å². The van der Waals surface area contributed by atoms with Crippen LogP contribution in [0.3, 0.4) is 0 Å². The second kappa shape index (κ2) is 6.47. The molecule has 0 aromatic carbocycles. The summed E-state index contributed by atoms with van der Waals surface area (Å²) in [5.41, 5.74) is 1.31. The molecule has 6 nitrogen and oxygen atoms in total. The van der Waals surface area contributed by atoms with Crippen LogP contribution >= 0.6 is 0 Å². The molecule has 6 heteroatoms. The Morgan fingerprint density at radius 3 is 2.71 bits per heavy atom. The third kappa shape index (κ3) is 3.65. The van der Waals surface area contributed by atoms with Crippen molar-refractivity contribution in [1.29, 1.82) is 0 Å². The number of hydrogen-bond acceptors (Lipinski definition) is 4. The summed E-state index contributed by atoms with van der Waals surface area (Å²) in [5, 5.41) is 7.13. The maximum atomic E-state index is 12.5. The average Bonchev–Trinajstić information content (AvgIpc) is 2.84. The monoisotopic (exact) mass is 287 g/mol. The number of pyridine rings is 1. The van der Waals surface area contributed by atoms with E-state index in [0.717, 1.165) is 17.9 Å². The van der Waals surface area contributed by atoms with Gasteiger partial charge in [0.1, 0.15) is 12.2 Å². The van der Waals surface area contributed by atoms with Gasteiger partial charge in [-0.3, -0.25) is 14.5 Å². The molecule has 0 fully saturated rings. The fraction of sp³-hybridized carbons (Fsp3) is 0.467. The first-order valence-corrected chi connectivity index (χ1v) is 7.05. The van der Waals surface area contributed by atoms with Crippen LogP contribution in [-0.4, -0.2) is 25.7 Å². The van der Waals surface area contributed by atoms with Crippen LogP contribution < -0.4 is 5.32 Å². The first kappa shape index (κ1) is 15.2. The molecule has 1 N–H and O–H groups in total. The molecule has 0 saturated carbocycles. The molecule has 1 atom stereocenters. The second-order valence-corrected chi connectivity index (χ2v) is 5.53. The van der Waals surface area contributed by atoms with Crippen LogP contribution in [0.1, 0.15) is 48.2 Å². The largest absolute Gasteiger partial charge is 0.342 e. The molecule has 0 spiro atoms. The molecule has 0 aliphatic heterocycles. The fourth-order valence-corrected chi connectivity index (χ4v) is 2.28. The quantitative estimate of drug-likeness (QED) is 0.913. The second-order valence-electron chi connectivity index (χ2n) is 5.53. The predicted molar refractivity (Wildman–Crippen MR) is 79.6 cm³/mol. The lowest BCUT2D eigenvalue weighted by Crippen LogP contribution is -2.32. The van der Waals surface area contributed by atoms with Crippen molar-refractivity contribution in [2.75, 3.05) is 0 Å². The third-order valence-electron chi connectivity index (χ3n) is 3.32. The van der Waals surface area contributed by atoms with E-state index in [1.54, 1.807) is 23.0 Å². The summed E-state index contributed by atoms with van der Waals surface area (Å²) in [7, 11) is 1.83. The van der Waals surface area contributed by atoms with Crippen LogP contribution in [0.25, 0.3) is 0 Å². The fourth-order valence-electron chi connectivity index (χ4n) is 2.28. The summed E-state index contributed by atoms with van der Waals surface area (Å²) < 4.78 is 1.70. The highest BCUT2D eigenvalue weighted by atomic mass is 16.1. The van der Waals surface area contributed by atoms with Crippen LogP contribution in [0.5, 0.6) is 0 Å². The van der Waals surface area contributed by atoms with Gasteiger partial charge in [0.15, 0.2) is 0 Å². The van der Waals surface area contributed by atoms with Crippen molar-refractivity contribution in [3.05, 3.63) is 41.7 Å². The smallest absolute Gasteiger partial charge is 0.253 e. The molecule has 2 heterocycles. The lowest BCUT2D eigenvalue weighted by atomic mass is 10.0. The number of nitrogens with one attached hydrogen (secondary N) is 1. The van der Waals surface area contributed by atoms with Crippen molar-refractivity contribution < 1.29 is 4.79 Å². The Balaban J connectivity index is 2.22. The van der Waals surface area contributed by atoms with Gasteiger partial charge < -0.3 is 5.32 Å². The molecule has 112 valence electrons. The summed E-state index contributed by atoms with van der Waals surface area (Å²) in [6, 6.07) is 3.38. The minimum Gasteiger partial charge on any atom is -0.342 e. The summed E-state index contributed by atoms with van der Waals surface area (Å²) in [5.74, 6) is 1.06. The van der Waals surface area contributed by atoms with Gasteiger partial charge >= 0.3 is 0 Å². The van der Waals surface area contributed by atoms with Gasteiger partial charge in [-0.05, 0) is 31.4 Å². The molecular weight excluding hydrogens is 266 g/mol. The predicted octanol–water partition coefficient (Wildman–Crippen LogP) is 2.04. The van der Waals surface area contributed by atoms with Gasteiger partial charge in [0.2, 0.25) is 0 Å². The van der Waals surface area contributed by atoms with Gasteiger partial charge in [0.25, 0.3) is 5.91 Å². The highest BCUT2D eigenvalue weighted by molar-refractivity contribution is 5.95. The highest BCUT2D eigenvalue weighted by Crippen LogP contribution is 2.19. The molecule has 0 radical (unpaired) electrons. The molecule has 0 bridgehead atoms. The van der Waals surface area contributed by atoms with E-state index in [4.69, 9.17) is 0 Å². The van der Waals surface area contributed by atoms with E-state index < -0.39 is 0 Å². The minimum absolute atomic E-state index is 0.130. The molecule has 1 amide bonds. The zero-order valence-corrected chi connectivity index (χ0v) is 12.9. The van der Waals surface area contributed by atoms with Crippen molar-refractivity contribution in [3.8, 4) is 0 Å². The van der Waals surface area contributed by atoms with E-state index in [9.17, 15) is 4.79 Å². The number of rotatable bonds is 5. The first-order chi connectivity index (χ1) is 9.99. The van der Waals surface area contributed by atoms with Crippen molar-refractivity contribution in [1.82, 2.24) is 25.1 Å². The van der Waals surface area contributed by atoms with Crippen molar-refractivity contribution >= 4 is 5.91 Å². The van der Waals surface area contributed by atoms with Crippen LogP contribution in [0, 0.1) is 12.8 Å². The van der Waals surface area contributed by atoms with Crippen molar-refractivity contribution in [3.63, 3.8) is 0 Å². The normalized spacial score (nSPS) is 12.4. The van der Waals surface area contributed by atoms with Crippen molar-refractivity contribution in [2.24, 2.45) is 13.0 Å². The Bertz CT molecular complexity index is 620. The van der Waals surface area contributed by atoms with Gasteiger partial charge in [-0.15, -0.1) is 0 Å². The van der Waals surface area contributed by atoms with Gasteiger partial charge in [-0.1, -0.05) is 13.8 Å². The zero-order valence-electron chi connectivity index (χ0n) is 12.9. The number of nitrogens with zero attached hydrogens (tertiary/aromatic N) is 4. The van der Waals surface area contributed by atoms with E-state index in [0.29, 0.717) is 11.5 Å². The molecule has 0 saturated heterocycles. The third-order valence-corrected chi connectivity index (χ3v) is 3.32. The molecule has 2 aromatic heterocycles. The first-order valence-electron chi connectivity index (χ1n) is 7.05. The van der Waals surface area contributed by atoms with Crippen molar-refractivity contribution in [2.45, 2.75) is 33.2 Å². The van der Waals surface area contributed by atoms with E-state index in [1.807, 2.05) is 14.0 Å². The Morgan fingerprint density at radius 2 is 2.14 bits per heavy atom. The summed E-state index contributed by atoms with van der Waals surface area (Å²) >= 11 is 0. The molecule has 0 aliphatic carbocycles. The Kier molecular flexibility index (Phi) is 4.67. The Labute approximate surface area is 124 Å². The molecular formula is C15H21N5O. The average molecular weight is 287 g/mol. The van der Waals surface area contributed by atoms with Crippen LogP contribution in [0.2, 0.25) is 0 Å². The molecule has 0 aliphatic rings. The number of carbonyl (C=O) groups is 1. The summed E-state index contributed by atoms with van der Waals surface area (Å²) in [6.07, 6.45) is 3.99. The Morgan fingerprint density at radius 1 is 1.38 bits per heavy atom. The van der Waals surface area contributed by atoms with Crippen LogP contribution in [0.15, 0.2) is 24.7 Å². The van der Waals surface area contributed by atoms with Gasteiger partial charge in [0, 0.05) is 18.9 Å². The summed E-state index contributed by atoms with van der Waals surface area (Å²) in [6.45, 7) is 6.06. The summed E-state index contributed by atoms with van der Waals surface area (Å²) in [4.78, 5) is 20.9. The number of carbonyl (C=O) groups excluding carboxylic acids is 1. The van der Waals surface area contributed by atoms with E-state index >= 15 is 0 Å². The van der Waals surface area contributed by atoms with Crippen LogP contribution in [-0.2, 0) is 7.05 Å². The molecule has 2 rings (SSSR count). The molecule has 2 aromatic rings. The van der Waals surface area contributed by atoms with Gasteiger partial charge in [-0.2, -0.15) is 5.10 Å². The maximum absolute atomic E-state index is 12.5. The number of aryl methyl sites for hydroxylation is 2. The van der Waals surface area contributed by atoms with Crippen LogP contribution in [0.4, 0.5) is 0 Å². The Hall–Kier alpha value is -2.24. The van der Waals surface area contributed by atoms with E-state index in [1.165, 1.54) is 6.33 Å². The standard InChI is InChI=1S/C15H21N5O/c1-10(2)8-13(14-17-9-18-20(14)4)19-15(21)12-6-5-7-16-11(12)3/h5-7,9-10,13H,8H2,1-4H3,(H,19,21)/t13-/m1/s1. The minimum atomic E-state index is -0.162. The lowest BCUT2D eigenvalue weighted by molar-refractivity contribution is 0.0928. The zero-order chi connectivity index (χ0) is 15.4. The SMILES string of the molecule is Cc1ncccc1C(=O)N[C@H](CC(C)C)c1ncnn1C. The number of amides is 1. The topological polar surface area (TPSA) is 72.7 Å². The van der Waals surface area contributed by atoms with Gasteiger partial charge in [0.05, 0.1) is 11.6 Å². The molecule has 21 heavy (non-hydrogen) atoms. The number of aromatic nitrogens is 4. The highest BCUT2D eigenvalue weighted by Gasteiger charge is 2.21. The van der Waals surface area contributed by atoms with E-state index in [-0.39, 0.29) is 11.9 Å². The lowest BCUT2D eigenvalue weighted by Gasteiger charge is -2.20. The number of hydrogen-bond donors (Lipinski definition) is 1.